The molecule has 6 rings (SSSR count). The largest absolute Gasteiger partial charge is 0.497 e. The Hall–Kier alpha value is -4.77. The summed E-state index contributed by atoms with van der Waals surface area (Å²) in [6.07, 6.45) is 3.46. The van der Waals surface area contributed by atoms with E-state index >= 15 is 4.79 Å². The van der Waals surface area contributed by atoms with Crippen molar-refractivity contribution in [3.8, 4) is 17.2 Å². The molecular formula is C34H35N5O5S. The predicted octanol–water partition coefficient (Wildman–Crippen LogP) is 4.86. The maximum atomic E-state index is 15.0. The summed E-state index contributed by atoms with van der Waals surface area (Å²) in [7, 11) is 4.84. The third-order valence-electron chi connectivity index (χ3n) is 8.29. The second kappa shape index (κ2) is 13.1. The first-order valence-corrected chi connectivity index (χ1v) is 15.5. The smallest absolute Gasteiger partial charge is 0.242 e. The van der Waals surface area contributed by atoms with Gasteiger partial charge in [0, 0.05) is 49.2 Å². The van der Waals surface area contributed by atoms with Crippen molar-refractivity contribution in [2.24, 2.45) is 0 Å². The molecule has 0 saturated carbocycles. The van der Waals surface area contributed by atoms with E-state index in [-0.39, 0.29) is 18.2 Å². The molecule has 11 heteroatoms. The maximum Gasteiger partial charge on any atom is 0.242 e. The minimum absolute atomic E-state index is 0.0211. The van der Waals surface area contributed by atoms with Crippen LogP contribution < -0.4 is 24.0 Å². The summed E-state index contributed by atoms with van der Waals surface area (Å²) in [6.45, 7) is 2.13. The van der Waals surface area contributed by atoms with Crippen LogP contribution in [-0.2, 0) is 9.59 Å². The number of benzene rings is 3. The number of thioether (sulfide) groups is 1. The Bertz CT molecular complexity index is 1610. The molecule has 232 valence electrons. The predicted molar refractivity (Wildman–Crippen MR) is 173 cm³/mol. The second-order valence-electron chi connectivity index (χ2n) is 10.8. The van der Waals surface area contributed by atoms with Gasteiger partial charge < -0.3 is 28.9 Å². The Balaban J connectivity index is 1.43. The standard InChI is InChI=1S/C34H35N5O5S/c1-42-26-9-5-24(6-10-26)31-34(45-29-15-13-28(44-3)14-16-29,23-30(40)39(31)25-7-11-27(43-2)12-8-25)32(41)37-19-21-38(22-20-37)33-35-17-4-18-36-33/h4-18,31H,19-23H2,1-3H3/t31-,34-/m1/s1. The summed E-state index contributed by atoms with van der Waals surface area (Å²) in [5.74, 6) is 2.52. The minimum atomic E-state index is -1.17. The first kappa shape index (κ1) is 30.3. The van der Waals surface area contributed by atoms with Crippen LogP contribution in [0.2, 0.25) is 0 Å². The molecule has 1 aromatic heterocycles. The normalized spacial score (nSPS) is 19.8. The molecule has 0 N–H and O–H groups in total. The monoisotopic (exact) mass is 625 g/mol. The molecule has 0 unspecified atom stereocenters. The third kappa shape index (κ3) is 6.00. The van der Waals surface area contributed by atoms with Gasteiger partial charge in [0.05, 0.1) is 33.8 Å². The summed E-state index contributed by atoms with van der Waals surface area (Å²) >= 11 is 1.44. The van der Waals surface area contributed by atoms with Crippen molar-refractivity contribution >= 4 is 35.2 Å². The highest BCUT2D eigenvalue weighted by Crippen LogP contribution is 2.55. The van der Waals surface area contributed by atoms with Gasteiger partial charge in [0.25, 0.3) is 0 Å². The van der Waals surface area contributed by atoms with E-state index in [1.165, 1.54) is 11.8 Å². The van der Waals surface area contributed by atoms with Crippen molar-refractivity contribution in [2.45, 2.75) is 22.1 Å². The fourth-order valence-corrected chi connectivity index (χ4v) is 7.47. The van der Waals surface area contributed by atoms with Crippen LogP contribution in [0.5, 0.6) is 17.2 Å². The second-order valence-corrected chi connectivity index (χ2v) is 12.2. The van der Waals surface area contributed by atoms with Crippen LogP contribution in [-0.4, -0.2) is 78.9 Å². The number of ether oxygens (including phenoxy) is 3. The lowest BCUT2D eigenvalue weighted by Crippen LogP contribution is -2.56. The Labute approximate surface area is 266 Å². The molecule has 45 heavy (non-hydrogen) atoms. The zero-order chi connectivity index (χ0) is 31.4. The zero-order valence-corrected chi connectivity index (χ0v) is 26.3. The summed E-state index contributed by atoms with van der Waals surface area (Å²) in [4.78, 5) is 44.6. The molecule has 3 aromatic carbocycles. The van der Waals surface area contributed by atoms with Crippen LogP contribution in [0, 0.1) is 0 Å². The van der Waals surface area contributed by atoms with E-state index in [1.54, 1.807) is 44.7 Å². The molecular weight excluding hydrogens is 590 g/mol. The van der Waals surface area contributed by atoms with Gasteiger partial charge in [-0.25, -0.2) is 9.97 Å². The van der Waals surface area contributed by atoms with E-state index in [1.807, 2.05) is 77.7 Å². The van der Waals surface area contributed by atoms with E-state index < -0.39 is 10.8 Å². The van der Waals surface area contributed by atoms with Crippen LogP contribution in [0.15, 0.2) is 96.2 Å². The summed E-state index contributed by atoms with van der Waals surface area (Å²) in [5, 5.41) is 0. The Kier molecular flexibility index (Phi) is 8.79. The molecule has 2 saturated heterocycles. The van der Waals surface area contributed by atoms with Crippen LogP contribution in [0.4, 0.5) is 11.6 Å². The van der Waals surface area contributed by atoms with Gasteiger partial charge in [-0.15, -0.1) is 11.8 Å². The van der Waals surface area contributed by atoms with Gasteiger partial charge in [-0.1, -0.05) is 12.1 Å². The van der Waals surface area contributed by atoms with E-state index in [0.29, 0.717) is 55.1 Å². The first-order valence-electron chi connectivity index (χ1n) is 14.7. The number of amides is 2. The highest BCUT2D eigenvalue weighted by molar-refractivity contribution is 8.01. The Morgan fingerprint density at radius 1 is 0.778 bits per heavy atom. The van der Waals surface area contributed by atoms with Gasteiger partial charge in [-0.05, 0) is 72.3 Å². The van der Waals surface area contributed by atoms with Gasteiger partial charge in [0.1, 0.15) is 22.0 Å². The van der Waals surface area contributed by atoms with Gasteiger partial charge in [0.2, 0.25) is 17.8 Å². The SMILES string of the molecule is COc1ccc(S[C@]2(C(=O)N3CCN(c4ncccn4)CC3)CC(=O)N(c3ccc(OC)cc3)[C@@H]2c2ccc(OC)cc2)cc1. The van der Waals surface area contributed by atoms with Crippen LogP contribution in [0.1, 0.15) is 18.0 Å². The fourth-order valence-electron chi connectivity index (χ4n) is 6.01. The lowest BCUT2D eigenvalue weighted by atomic mass is 9.90. The number of aromatic nitrogens is 2. The highest BCUT2D eigenvalue weighted by Gasteiger charge is 2.59. The number of anilines is 2. The van der Waals surface area contributed by atoms with E-state index in [9.17, 15) is 4.79 Å². The minimum Gasteiger partial charge on any atom is -0.497 e. The third-order valence-corrected chi connectivity index (χ3v) is 9.70. The van der Waals surface area contributed by atoms with Crippen LogP contribution in [0.3, 0.4) is 0 Å². The number of hydrogen-bond acceptors (Lipinski definition) is 9. The number of carbonyl (C=O) groups excluding carboxylic acids is 2. The average molecular weight is 626 g/mol. The lowest BCUT2D eigenvalue weighted by Gasteiger charge is -2.42. The van der Waals surface area contributed by atoms with Gasteiger partial charge in [0.15, 0.2) is 0 Å². The van der Waals surface area contributed by atoms with Gasteiger partial charge in [-0.2, -0.15) is 0 Å². The average Bonchev–Trinajstić information content (AvgIpc) is 3.40. The first-order chi connectivity index (χ1) is 22.0. The van der Waals surface area contributed by atoms with Gasteiger partial charge in [-0.3, -0.25) is 9.59 Å². The molecule has 0 aliphatic carbocycles. The molecule has 2 atom stereocenters. The fraction of sp³-hybridized carbons (Fsp3) is 0.294. The van der Waals surface area contributed by atoms with E-state index in [2.05, 4.69) is 14.9 Å². The molecule has 0 bridgehead atoms. The van der Waals surface area contributed by atoms with E-state index in [4.69, 9.17) is 14.2 Å². The lowest BCUT2D eigenvalue weighted by molar-refractivity contribution is -0.135. The molecule has 10 nitrogen and oxygen atoms in total. The van der Waals surface area contributed by atoms with Crippen molar-refractivity contribution < 1.29 is 23.8 Å². The molecule has 2 fully saturated rings. The molecule has 0 radical (unpaired) electrons. The summed E-state index contributed by atoms with van der Waals surface area (Å²) in [6, 6.07) is 23.8. The summed E-state index contributed by atoms with van der Waals surface area (Å²) in [5.41, 5.74) is 1.53. The number of methoxy groups -OCH3 is 3. The number of carbonyl (C=O) groups is 2. The summed E-state index contributed by atoms with van der Waals surface area (Å²) < 4.78 is 15.1. The van der Waals surface area contributed by atoms with Crippen molar-refractivity contribution in [1.29, 1.82) is 0 Å². The molecule has 4 aromatic rings. The number of hydrogen-bond donors (Lipinski definition) is 0. The quantitative estimate of drug-likeness (QED) is 0.258. The molecule has 3 heterocycles. The Morgan fingerprint density at radius 2 is 1.31 bits per heavy atom. The Morgan fingerprint density at radius 3 is 1.87 bits per heavy atom. The van der Waals surface area contributed by atoms with Crippen molar-refractivity contribution in [3.63, 3.8) is 0 Å². The number of nitrogens with zero attached hydrogens (tertiary/aromatic N) is 5. The number of rotatable bonds is 9. The van der Waals surface area contributed by atoms with Crippen molar-refractivity contribution in [3.05, 3.63) is 96.8 Å². The molecule has 2 aliphatic rings. The van der Waals surface area contributed by atoms with Gasteiger partial charge >= 0.3 is 0 Å². The highest BCUT2D eigenvalue weighted by atomic mass is 32.2. The zero-order valence-electron chi connectivity index (χ0n) is 25.5. The van der Waals surface area contributed by atoms with Crippen LogP contribution >= 0.6 is 11.8 Å². The molecule has 2 amide bonds. The van der Waals surface area contributed by atoms with Crippen molar-refractivity contribution in [1.82, 2.24) is 14.9 Å². The van der Waals surface area contributed by atoms with E-state index in [0.717, 1.165) is 10.5 Å². The van der Waals surface area contributed by atoms with Crippen LogP contribution in [0.25, 0.3) is 0 Å². The topological polar surface area (TPSA) is 97.3 Å². The molecule has 0 spiro atoms. The number of piperazine rings is 1. The maximum absolute atomic E-state index is 15.0. The van der Waals surface area contributed by atoms with Crippen molar-refractivity contribution in [2.75, 3.05) is 57.3 Å². The molecule has 2 aliphatic heterocycles.